The maximum absolute atomic E-state index is 12.7. The highest BCUT2D eigenvalue weighted by Gasteiger charge is 2.28. The first-order chi connectivity index (χ1) is 16.5. The van der Waals surface area contributed by atoms with Gasteiger partial charge in [0.2, 0.25) is 5.91 Å². The molecule has 2 atom stereocenters. The van der Waals surface area contributed by atoms with Gasteiger partial charge in [-0.1, -0.05) is 37.3 Å². The first kappa shape index (κ1) is 23.5. The van der Waals surface area contributed by atoms with Crippen LogP contribution in [0.4, 0.5) is 9.80 Å². The molecular weight excluding hydrogens is 448 g/mol. The van der Waals surface area contributed by atoms with Gasteiger partial charge in [0, 0.05) is 36.7 Å². The summed E-state index contributed by atoms with van der Waals surface area (Å²) in [6.45, 7) is 2.38. The van der Waals surface area contributed by atoms with E-state index in [4.69, 9.17) is 4.74 Å². The molecule has 0 spiro atoms. The zero-order valence-corrected chi connectivity index (χ0v) is 19.7. The second-order valence-corrected chi connectivity index (χ2v) is 9.47. The van der Waals surface area contributed by atoms with Crippen LogP contribution in [0.1, 0.15) is 52.8 Å². The van der Waals surface area contributed by atoms with Crippen LogP contribution < -0.4 is 10.6 Å². The van der Waals surface area contributed by atoms with Gasteiger partial charge in [-0.2, -0.15) is 5.26 Å². The molecule has 2 unspecified atom stereocenters. The fourth-order valence-electron chi connectivity index (χ4n) is 4.09. The number of hydrogen-bond acceptors (Lipinski definition) is 6. The Morgan fingerprint density at radius 2 is 2.00 bits per heavy atom. The Balaban J connectivity index is 1.34. The van der Waals surface area contributed by atoms with Crippen LogP contribution in [0.3, 0.4) is 0 Å². The molecule has 3 aromatic rings. The Hall–Kier alpha value is -3.70. The number of nitrogens with one attached hydrogen (secondary N) is 2. The van der Waals surface area contributed by atoms with Gasteiger partial charge < -0.3 is 15.4 Å². The SMILES string of the molecule is CC(CC(=O)Nc1sc2c(c1C#N)CCC(OC(=O)NCc1ccncc1)C2)c1ccccc1. The monoisotopic (exact) mass is 474 g/mol. The molecule has 2 N–H and O–H groups in total. The number of anilines is 1. The molecular formula is C26H26N4O3S. The number of ether oxygens (including phenoxy) is 1. The number of carbonyl (C=O) groups is 2. The van der Waals surface area contributed by atoms with E-state index in [1.165, 1.54) is 11.3 Å². The average molecular weight is 475 g/mol. The summed E-state index contributed by atoms with van der Waals surface area (Å²) in [4.78, 5) is 29.9. The number of hydrogen-bond donors (Lipinski definition) is 2. The summed E-state index contributed by atoms with van der Waals surface area (Å²) in [7, 11) is 0. The van der Waals surface area contributed by atoms with Crippen molar-refractivity contribution in [3.63, 3.8) is 0 Å². The number of fused-ring (bicyclic) bond motifs is 1. The highest BCUT2D eigenvalue weighted by atomic mass is 32.1. The Bertz CT molecular complexity index is 1190. The van der Waals surface area contributed by atoms with E-state index in [0.29, 0.717) is 42.8 Å². The zero-order valence-electron chi connectivity index (χ0n) is 18.9. The molecule has 2 heterocycles. The Morgan fingerprint density at radius 3 is 2.74 bits per heavy atom. The summed E-state index contributed by atoms with van der Waals surface area (Å²) < 4.78 is 5.61. The molecule has 0 fully saturated rings. The summed E-state index contributed by atoms with van der Waals surface area (Å²) in [6.07, 6.45) is 4.75. The van der Waals surface area contributed by atoms with Crippen LogP contribution in [0.2, 0.25) is 0 Å². The van der Waals surface area contributed by atoms with Crippen LogP contribution in [-0.2, 0) is 28.9 Å². The predicted molar refractivity (Wildman–Crippen MR) is 131 cm³/mol. The highest BCUT2D eigenvalue weighted by molar-refractivity contribution is 7.16. The van der Waals surface area contributed by atoms with Gasteiger partial charge in [0.05, 0.1) is 5.56 Å². The third-order valence-electron chi connectivity index (χ3n) is 5.90. The lowest BCUT2D eigenvalue weighted by Crippen LogP contribution is -2.31. The molecule has 4 rings (SSSR count). The van der Waals surface area contributed by atoms with E-state index in [2.05, 4.69) is 21.7 Å². The standard InChI is InChI=1S/C26H26N4O3S/c1-17(19-5-3-2-4-6-19)13-24(31)30-25-22(15-27)21-8-7-20(14-23(21)34-25)33-26(32)29-16-18-9-11-28-12-10-18/h2-6,9-12,17,20H,7-8,13-14,16H2,1H3,(H,29,32)(H,30,31). The highest BCUT2D eigenvalue weighted by Crippen LogP contribution is 2.38. The molecule has 1 aliphatic carbocycles. The van der Waals surface area contributed by atoms with E-state index in [9.17, 15) is 14.9 Å². The van der Waals surface area contributed by atoms with E-state index in [1.807, 2.05) is 49.4 Å². The number of rotatable bonds is 7. The number of amides is 2. The third kappa shape index (κ3) is 5.80. The minimum atomic E-state index is -0.467. The van der Waals surface area contributed by atoms with Crippen molar-refractivity contribution in [2.45, 2.75) is 51.2 Å². The van der Waals surface area contributed by atoms with Crippen molar-refractivity contribution in [3.05, 3.63) is 82.0 Å². The van der Waals surface area contributed by atoms with Gasteiger partial charge in [-0.3, -0.25) is 9.78 Å². The molecule has 2 aromatic heterocycles. The maximum atomic E-state index is 12.7. The quantitative estimate of drug-likeness (QED) is 0.505. The van der Waals surface area contributed by atoms with Crippen LogP contribution in [0.25, 0.3) is 0 Å². The Morgan fingerprint density at radius 1 is 1.24 bits per heavy atom. The molecule has 7 nitrogen and oxygen atoms in total. The van der Waals surface area contributed by atoms with Crippen molar-refractivity contribution in [1.82, 2.24) is 10.3 Å². The number of carbonyl (C=O) groups excluding carboxylic acids is 2. The van der Waals surface area contributed by atoms with Crippen molar-refractivity contribution in [2.75, 3.05) is 5.32 Å². The number of benzene rings is 1. The van der Waals surface area contributed by atoms with E-state index in [-0.39, 0.29) is 17.9 Å². The number of aromatic nitrogens is 1. The predicted octanol–water partition coefficient (Wildman–Crippen LogP) is 4.93. The normalized spacial score (nSPS) is 15.5. The van der Waals surface area contributed by atoms with Crippen molar-refractivity contribution in [3.8, 4) is 6.07 Å². The summed E-state index contributed by atoms with van der Waals surface area (Å²) in [5, 5.41) is 16.0. The number of pyridine rings is 1. The van der Waals surface area contributed by atoms with Crippen LogP contribution in [0.15, 0.2) is 54.9 Å². The van der Waals surface area contributed by atoms with Crippen LogP contribution in [0.5, 0.6) is 0 Å². The van der Waals surface area contributed by atoms with Crippen LogP contribution in [0, 0.1) is 11.3 Å². The lowest BCUT2D eigenvalue weighted by atomic mass is 9.93. The van der Waals surface area contributed by atoms with Gasteiger partial charge in [0.25, 0.3) is 0 Å². The topological polar surface area (TPSA) is 104 Å². The molecule has 8 heteroatoms. The summed E-state index contributed by atoms with van der Waals surface area (Å²) >= 11 is 1.41. The molecule has 1 aromatic carbocycles. The van der Waals surface area contributed by atoms with Gasteiger partial charge in [-0.15, -0.1) is 11.3 Å². The molecule has 34 heavy (non-hydrogen) atoms. The summed E-state index contributed by atoms with van der Waals surface area (Å²) in [5.74, 6) is -0.0421. The third-order valence-corrected chi connectivity index (χ3v) is 7.07. The second kappa shape index (κ2) is 10.9. The van der Waals surface area contributed by atoms with Crippen LogP contribution >= 0.6 is 11.3 Å². The van der Waals surface area contributed by atoms with E-state index in [0.717, 1.165) is 21.6 Å². The van der Waals surface area contributed by atoms with E-state index >= 15 is 0 Å². The zero-order chi connectivity index (χ0) is 23.9. The van der Waals surface area contributed by atoms with Crippen molar-refractivity contribution >= 4 is 28.3 Å². The van der Waals surface area contributed by atoms with Gasteiger partial charge in [0.1, 0.15) is 17.2 Å². The fourth-order valence-corrected chi connectivity index (χ4v) is 5.36. The van der Waals surface area contributed by atoms with Crippen LogP contribution in [-0.4, -0.2) is 23.1 Å². The minimum Gasteiger partial charge on any atom is -0.446 e. The number of nitriles is 1. The van der Waals surface area contributed by atoms with Gasteiger partial charge in [-0.05, 0) is 47.6 Å². The molecule has 0 radical (unpaired) electrons. The first-order valence-corrected chi connectivity index (χ1v) is 12.1. The lowest BCUT2D eigenvalue weighted by molar-refractivity contribution is -0.116. The fraction of sp³-hybridized carbons (Fsp3) is 0.308. The molecule has 174 valence electrons. The molecule has 0 saturated carbocycles. The van der Waals surface area contributed by atoms with Crippen molar-refractivity contribution in [2.24, 2.45) is 0 Å². The van der Waals surface area contributed by atoms with Gasteiger partial charge in [-0.25, -0.2) is 4.79 Å². The molecule has 0 saturated heterocycles. The number of thiophene rings is 1. The smallest absolute Gasteiger partial charge is 0.407 e. The van der Waals surface area contributed by atoms with E-state index in [1.54, 1.807) is 12.4 Å². The maximum Gasteiger partial charge on any atom is 0.407 e. The number of alkyl carbamates (subject to hydrolysis) is 1. The summed E-state index contributed by atoms with van der Waals surface area (Å²) in [5.41, 5.74) is 3.53. The van der Waals surface area contributed by atoms with E-state index < -0.39 is 6.09 Å². The Kier molecular flexibility index (Phi) is 7.55. The van der Waals surface area contributed by atoms with Gasteiger partial charge >= 0.3 is 6.09 Å². The molecule has 1 aliphatic rings. The molecule has 0 bridgehead atoms. The second-order valence-electron chi connectivity index (χ2n) is 8.36. The molecule has 2 amide bonds. The first-order valence-electron chi connectivity index (χ1n) is 11.3. The Labute approximate surface area is 202 Å². The minimum absolute atomic E-state index is 0.0739. The number of nitrogens with zero attached hydrogens (tertiary/aromatic N) is 2. The van der Waals surface area contributed by atoms with Crippen molar-refractivity contribution < 1.29 is 14.3 Å². The molecule has 0 aliphatic heterocycles. The largest absolute Gasteiger partial charge is 0.446 e. The van der Waals surface area contributed by atoms with Crippen molar-refractivity contribution in [1.29, 1.82) is 5.26 Å². The summed E-state index contributed by atoms with van der Waals surface area (Å²) in [6, 6.07) is 15.8. The average Bonchev–Trinajstić information content (AvgIpc) is 3.19. The lowest BCUT2D eigenvalue weighted by Gasteiger charge is -2.22. The van der Waals surface area contributed by atoms with Gasteiger partial charge in [0.15, 0.2) is 0 Å².